The largest absolute Gasteiger partial charge is 0.497 e. The van der Waals surface area contributed by atoms with Crippen LogP contribution in [0.15, 0.2) is 63.9 Å². The van der Waals surface area contributed by atoms with Crippen molar-refractivity contribution in [2.24, 2.45) is 0 Å². The second kappa shape index (κ2) is 10.1. The van der Waals surface area contributed by atoms with Crippen LogP contribution in [0.4, 0.5) is 0 Å². The first kappa shape index (κ1) is 24.2. The fraction of sp³-hybridized carbons (Fsp3) is 0.333. The standard InChI is InChI=1S/C27H30N4O4/c1-6-22(26(32)30(17(2)3)16-19-11-8-7-9-12-19)31-27(33)25-23(18(4)35-29-25)24(28-31)20-13-10-14-21(15-20)34-5/h7-15,17,22H,6,16H2,1-5H3/t22-/m0/s1. The van der Waals surface area contributed by atoms with E-state index in [0.717, 1.165) is 11.1 Å². The van der Waals surface area contributed by atoms with Crippen LogP contribution >= 0.6 is 0 Å². The van der Waals surface area contributed by atoms with Gasteiger partial charge in [-0.25, -0.2) is 4.68 Å². The summed E-state index contributed by atoms with van der Waals surface area (Å²) in [7, 11) is 1.59. The Bertz CT molecular complexity index is 1390. The van der Waals surface area contributed by atoms with Gasteiger partial charge in [-0.05, 0) is 44.9 Å². The number of nitrogens with zero attached hydrogens (tertiary/aromatic N) is 4. The van der Waals surface area contributed by atoms with Crippen LogP contribution in [0.2, 0.25) is 0 Å². The first-order chi connectivity index (χ1) is 16.8. The van der Waals surface area contributed by atoms with Crippen molar-refractivity contribution < 1.29 is 14.1 Å². The van der Waals surface area contributed by atoms with Gasteiger partial charge in [-0.2, -0.15) is 5.10 Å². The lowest BCUT2D eigenvalue weighted by Crippen LogP contribution is -2.44. The molecule has 0 N–H and O–H groups in total. The van der Waals surface area contributed by atoms with Crippen LogP contribution in [0.3, 0.4) is 0 Å². The van der Waals surface area contributed by atoms with Crippen molar-refractivity contribution in [3.8, 4) is 17.0 Å². The summed E-state index contributed by atoms with van der Waals surface area (Å²) in [4.78, 5) is 29.1. The summed E-state index contributed by atoms with van der Waals surface area (Å²) in [5, 5.41) is 9.28. The van der Waals surface area contributed by atoms with E-state index >= 15 is 0 Å². The molecule has 0 bridgehead atoms. The molecular weight excluding hydrogens is 444 g/mol. The van der Waals surface area contributed by atoms with Gasteiger partial charge >= 0.3 is 0 Å². The summed E-state index contributed by atoms with van der Waals surface area (Å²) in [6.07, 6.45) is 0.393. The van der Waals surface area contributed by atoms with Gasteiger partial charge in [-0.1, -0.05) is 54.5 Å². The van der Waals surface area contributed by atoms with Crippen LogP contribution in [-0.2, 0) is 11.3 Å². The molecule has 1 atom stereocenters. The van der Waals surface area contributed by atoms with E-state index in [9.17, 15) is 9.59 Å². The third kappa shape index (κ3) is 4.69. The van der Waals surface area contributed by atoms with E-state index in [-0.39, 0.29) is 17.5 Å². The van der Waals surface area contributed by atoms with Crippen LogP contribution in [0.5, 0.6) is 5.75 Å². The van der Waals surface area contributed by atoms with Crippen molar-refractivity contribution in [2.45, 2.75) is 52.7 Å². The van der Waals surface area contributed by atoms with E-state index in [4.69, 9.17) is 14.4 Å². The van der Waals surface area contributed by atoms with Gasteiger partial charge in [0.1, 0.15) is 23.2 Å². The summed E-state index contributed by atoms with van der Waals surface area (Å²) in [5.74, 6) is 0.972. The molecule has 4 rings (SSSR count). The molecule has 1 amide bonds. The average molecular weight is 475 g/mol. The quantitative estimate of drug-likeness (QED) is 0.366. The Labute approximate surface area is 204 Å². The highest BCUT2D eigenvalue weighted by Crippen LogP contribution is 2.30. The molecule has 0 fully saturated rings. The average Bonchev–Trinajstić information content (AvgIpc) is 3.26. The van der Waals surface area contributed by atoms with E-state index in [1.54, 1.807) is 18.9 Å². The number of methoxy groups -OCH3 is 1. The predicted octanol–water partition coefficient (Wildman–Crippen LogP) is 4.76. The highest BCUT2D eigenvalue weighted by Gasteiger charge is 2.30. The zero-order valence-electron chi connectivity index (χ0n) is 20.7. The maximum atomic E-state index is 13.8. The SMILES string of the molecule is CC[C@@H](C(=O)N(Cc1ccccc1)C(C)C)n1nc(-c2cccc(OC)c2)c2c(C)onc2c1=O. The van der Waals surface area contributed by atoms with Crippen molar-refractivity contribution in [3.05, 3.63) is 76.3 Å². The monoisotopic (exact) mass is 474 g/mol. The Hall–Kier alpha value is -3.94. The predicted molar refractivity (Wildman–Crippen MR) is 134 cm³/mol. The minimum absolute atomic E-state index is 0.0664. The van der Waals surface area contributed by atoms with E-state index < -0.39 is 11.6 Å². The number of carbonyl (C=O) groups is 1. The van der Waals surface area contributed by atoms with Gasteiger partial charge in [-0.3, -0.25) is 9.59 Å². The Morgan fingerprint density at radius 3 is 2.54 bits per heavy atom. The lowest BCUT2D eigenvalue weighted by atomic mass is 10.1. The third-order valence-corrected chi connectivity index (χ3v) is 6.13. The van der Waals surface area contributed by atoms with E-state index in [2.05, 4.69) is 5.16 Å². The van der Waals surface area contributed by atoms with Crippen molar-refractivity contribution in [3.63, 3.8) is 0 Å². The Morgan fingerprint density at radius 2 is 1.89 bits per heavy atom. The number of aromatic nitrogens is 3. The lowest BCUT2D eigenvalue weighted by Gasteiger charge is -2.31. The molecule has 0 saturated heterocycles. The van der Waals surface area contributed by atoms with E-state index in [0.29, 0.717) is 35.6 Å². The van der Waals surface area contributed by atoms with Gasteiger partial charge in [0.2, 0.25) is 5.91 Å². The molecule has 182 valence electrons. The van der Waals surface area contributed by atoms with Gasteiger partial charge in [0.25, 0.3) is 5.56 Å². The van der Waals surface area contributed by atoms with E-state index in [1.807, 2.05) is 75.4 Å². The summed E-state index contributed by atoms with van der Waals surface area (Å²) in [6.45, 7) is 8.00. The second-order valence-corrected chi connectivity index (χ2v) is 8.76. The molecule has 35 heavy (non-hydrogen) atoms. The summed E-state index contributed by atoms with van der Waals surface area (Å²) >= 11 is 0. The van der Waals surface area contributed by atoms with Gasteiger partial charge in [0.05, 0.1) is 12.5 Å². The second-order valence-electron chi connectivity index (χ2n) is 8.76. The molecule has 4 aromatic rings. The number of ether oxygens (including phenoxy) is 1. The van der Waals surface area contributed by atoms with Crippen LogP contribution in [0.1, 0.15) is 44.6 Å². The number of aryl methyl sites for hydroxylation is 1. The Balaban J connectivity index is 1.84. The molecule has 2 aromatic carbocycles. The van der Waals surface area contributed by atoms with Gasteiger partial charge in [0.15, 0.2) is 5.52 Å². The van der Waals surface area contributed by atoms with Crippen LogP contribution < -0.4 is 10.3 Å². The highest BCUT2D eigenvalue weighted by molar-refractivity contribution is 5.93. The van der Waals surface area contributed by atoms with Crippen LogP contribution in [0.25, 0.3) is 22.2 Å². The van der Waals surface area contributed by atoms with Crippen LogP contribution in [-0.4, -0.2) is 38.9 Å². The summed E-state index contributed by atoms with van der Waals surface area (Å²) in [6, 6.07) is 16.3. The number of hydrogen-bond acceptors (Lipinski definition) is 6. The van der Waals surface area contributed by atoms with Crippen molar-refractivity contribution >= 4 is 16.8 Å². The zero-order chi connectivity index (χ0) is 25.1. The van der Waals surface area contributed by atoms with Crippen LogP contribution in [0, 0.1) is 6.92 Å². The number of carbonyl (C=O) groups excluding carboxylic acids is 1. The van der Waals surface area contributed by atoms with Gasteiger partial charge < -0.3 is 14.2 Å². The molecule has 8 nitrogen and oxygen atoms in total. The molecule has 0 aliphatic heterocycles. The fourth-order valence-electron chi connectivity index (χ4n) is 4.23. The molecule has 0 spiro atoms. The van der Waals surface area contributed by atoms with Gasteiger partial charge in [-0.15, -0.1) is 0 Å². The normalized spacial score (nSPS) is 12.2. The molecule has 0 radical (unpaired) electrons. The third-order valence-electron chi connectivity index (χ3n) is 6.13. The first-order valence-corrected chi connectivity index (χ1v) is 11.7. The Morgan fingerprint density at radius 1 is 1.14 bits per heavy atom. The summed E-state index contributed by atoms with van der Waals surface area (Å²) in [5.41, 5.74) is 1.97. The van der Waals surface area contributed by atoms with E-state index in [1.165, 1.54) is 4.68 Å². The highest BCUT2D eigenvalue weighted by atomic mass is 16.5. The first-order valence-electron chi connectivity index (χ1n) is 11.7. The lowest BCUT2D eigenvalue weighted by molar-refractivity contribution is -0.137. The molecule has 0 unspecified atom stereocenters. The molecule has 0 saturated carbocycles. The molecular formula is C27H30N4O4. The smallest absolute Gasteiger partial charge is 0.297 e. The number of rotatable bonds is 8. The maximum absolute atomic E-state index is 13.8. The molecule has 2 aromatic heterocycles. The fourth-order valence-corrected chi connectivity index (χ4v) is 4.23. The molecule has 2 heterocycles. The van der Waals surface area contributed by atoms with Gasteiger partial charge in [0, 0.05) is 18.2 Å². The number of fused-ring (bicyclic) bond motifs is 1. The van der Waals surface area contributed by atoms with Crippen molar-refractivity contribution in [2.75, 3.05) is 7.11 Å². The zero-order valence-corrected chi connectivity index (χ0v) is 20.7. The maximum Gasteiger partial charge on any atom is 0.297 e. The topological polar surface area (TPSA) is 90.5 Å². The van der Waals surface area contributed by atoms with Crippen molar-refractivity contribution in [1.82, 2.24) is 19.8 Å². The number of benzene rings is 2. The Kier molecular flexibility index (Phi) is 7.00. The molecule has 8 heteroatoms. The molecule has 0 aliphatic rings. The van der Waals surface area contributed by atoms with Crippen molar-refractivity contribution in [1.29, 1.82) is 0 Å². The number of amides is 1. The minimum atomic E-state index is -0.792. The number of hydrogen-bond donors (Lipinski definition) is 0. The molecule has 0 aliphatic carbocycles. The minimum Gasteiger partial charge on any atom is -0.497 e. The summed E-state index contributed by atoms with van der Waals surface area (Å²) < 4.78 is 12.0.